The fraction of sp³-hybridized carbons (Fsp3) is 0.774. The van der Waals surface area contributed by atoms with Crippen molar-refractivity contribution in [2.45, 2.75) is 235 Å². The summed E-state index contributed by atoms with van der Waals surface area (Å²) < 4.78 is 33.5. The van der Waals surface area contributed by atoms with E-state index in [9.17, 15) is 45.3 Å². The van der Waals surface area contributed by atoms with Gasteiger partial charge in [-0.05, 0) is 70.6 Å². The van der Waals surface area contributed by atoms with Crippen LogP contribution in [0, 0.1) is 0 Å². The molecule has 0 aromatic carbocycles. The third-order valence-corrected chi connectivity index (χ3v) is 12.0. The number of ether oxygens (including phenoxy) is 6. The van der Waals surface area contributed by atoms with Crippen molar-refractivity contribution in [3.63, 3.8) is 0 Å². The molecule has 68 heavy (non-hydrogen) atoms. The number of carbonyl (C=O) groups excluding carboxylic acids is 2. The fourth-order valence-electron chi connectivity index (χ4n) is 7.74. The first-order chi connectivity index (χ1) is 33.0. The van der Waals surface area contributed by atoms with E-state index in [1.165, 1.54) is 57.8 Å². The molecule has 2 rings (SSSR count). The van der Waals surface area contributed by atoms with Crippen molar-refractivity contribution in [3.05, 3.63) is 60.8 Å². The van der Waals surface area contributed by atoms with E-state index >= 15 is 0 Å². The lowest BCUT2D eigenvalue weighted by molar-refractivity contribution is -0.332. The Kier molecular flexibility index (Phi) is 36.0. The minimum Gasteiger partial charge on any atom is -0.462 e. The number of esters is 2. The first-order valence-electron chi connectivity index (χ1n) is 25.9. The van der Waals surface area contributed by atoms with Gasteiger partial charge in [-0.2, -0.15) is 0 Å². The number of rotatable bonds is 39. The number of carbonyl (C=O) groups is 2. The van der Waals surface area contributed by atoms with E-state index in [0.29, 0.717) is 19.3 Å². The highest BCUT2D eigenvalue weighted by Crippen LogP contribution is 2.26. The highest BCUT2D eigenvalue weighted by atomic mass is 16.7. The Morgan fingerprint density at radius 2 is 0.941 bits per heavy atom. The second-order valence-corrected chi connectivity index (χ2v) is 18.0. The van der Waals surface area contributed by atoms with Crippen LogP contribution in [0.25, 0.3) is 0 Å². The zero-order valence-corrected chi connectivity index (χ0v) is 41.3. The lowest BCUT2D eigenvalue weighted by atomic mass is 9.98. The van der Waals surface area contributed by atoms with E-state index in [4.69, 9.17) is 28.4 Å². The highest BCUT2D eigenvalue weighted by molar-refractivity contribution is 5.70. The molecule has 7 N–H and O–H groups in total. The van der Waals surface area contributed by atoms with Crippen LogP contribution in [0.5, 0.6) is 0 Å². The Hall–Kier alpha value is -2.80. The summed E-state index contributed by atoms with van der Waals surface area (Å²) in [7, 11) is 0. The molecular formula is C53H90O15. The molecular weight excluding hydrogens is 877 g/mol. The first-order valence-corrected chi connectivity index (χ1v) is 25.9. The van der Waals surface area contributed by atoms with Gasteiger partial charge >= 0.3 is 11.9 Å². The molecule has 392 valence electrons. The van der Waals surface area contributed by atoms with Crippen LogP contribution in [-0.4, -0.2) is 142 Å². The maximum absolute atomic E-state index is 13.0. The van der Waals surface area contributed by atoms with Crippen LogP contribution < -0.4 is 0 Å². The van der Waals surface area contributed by atoms with Crippen LogP contribution >= 0.6 is 0 Å². The normalized spacial score (nSPS) is 26.2. The van der Waals surface area contributed by atoms with Crippen LogP contribution in [0.4, 0.5) is 0 Å². The van der Waals surface area contributed by atoms with Crippen LogP contribution in [0.15, 0.2) is 60.8 Å². The Morgan fingerprint density at radius 1 is 0.485 bits per heavy atom. The minimum atomic E-state index is -1.78. The molecule has 15 nitrogen and oxygen atoms in total. The lowest BCUT2D eigenvalue weighted by Gasteiger charge is -2.42. The average molecular weight is 967 g/mol. The molecule has 2 aliphatic heterocycles. The van der Waals surface area contributed by atoms with Crippen molar-refractivity contribution in [2.24, 2.45) is 0 Å². The first kappa shape index (κ1) is 61.3. The van der Waals surface area contributed by atoms with Gasteiger partial charge < -0.3 is 64.2 Å². The molecule has 0 aromatic rings. The largest absolute Gasteiger partial charge is 0.462 e. The summed E-state index contributed by atoms with van der Waals surface area (Å²) in [5, 5.41) is 72.1. The molecule has 2 aliphatic rings. The number of hydrogen-bond donors (Lipinski definition) is 7. The highest BCUT2D eigenvalue weighted by Gasteiger charge is 2.47. The zero-order valence-electron chi connectivity index (χ0n) is 41.3. The molecule has 0 radical (unpaired) electrons. The molecule has 11 atom stereocenters. The molecule has 4 unspecified atom stereocenters. The van der Waals surface area contributed by atoms with E-state index in [0.717, 1.165) is 64.2 Å². The van der Waals surface area contributed by atoms with Crippen LogP contribution in [-0.2, 0) is 38.0 Å². The van der Waals surface area contributed by atoms with E-state index in [2.05, 4.69) is 68.5 Å². The van der Waals surface area contributed by atoms with Gasteiger partial charge in [0, 0.05) is 12.8 Å². The van der Waals surface area contributed by atoms with Gasteiger partial charge in [-0.15, -0.1) is 0 Å². The number of unbranched alkanes of at least 4 members (excludes halogenated alkanes) is 15. The lowest BCUT2D eigenvalue weighted by Crippen LogP contribution is -2.61. The quantitative estimate of drug-likeness (QED) is 0.0183. The van der Waals surface area contributed by atoms with Crippen molar-refractivity contribution < 1.29 is 73.8 Å². The summed E-state index contributed by atoms with van der Waals surface area (Å²) in [6.07, 6.45) is 28.3. The van der Waals surface area contributed by atoms with E-state index in [1.807, 2.05) is 6.08 Å². The van der Waals surface area contributed by atoms with Crippen molar-refractivity contribution in [2.75, 3.05) is 26.4 Å². The van der Waals surface area contributed by atoms with Gasteiger partial charge in [-0.3, -0.25) is 9.59 Å². The van der Waals surface area contributed by atoms with Crippen molar-refractivity contribution in [3.8, 4) is 0 Å². The molecule has 15 heteroatoms. The average Bonchev–Trinajstić information content (AvgIpc) is 3.33. The summed E-state index contributed by atoms with van der Waals surface area (Å²) in [5.41, 5.74) is 0. The van der Waals surface area contributed by atoms with Crippen LogP contribution in [0.3, 0.4) is 0 Å². The number of allylic oxidation sites excluding steroid dienone is 10. The zero-order chi connectivity index (χ0) is 49.6. The van der Waals surface area contributed by atoms with Gasteiger partial charge in [-0.25, -0.2) is 0 Å². The Bertz CT molecular complexity index is 1420. The molecule has 0 amide bonds. The summed E-state index contributed by atoms with van der Waals surface area (Å²) in [4.78, 5) is 25.7. The van der Waals surface area contributed by atoms with Gasteiger partial charge in [0.05, 0.1) is 19.8 Å². The Labute approximate surface area is 407 Å². The smallest absolute Gasteiger partial charge is 0.306 e. The predicted molar refractivity (Wildman–Crippen MR) is 261 cm³/mol. The molecule has 2 fully saturated rings. The van der Waals surface area contributed by atoms with Gasteiger partial charge in [0.2, 0.25) is 0 Å². The molecule has 2 saturated heterocycles. The summed E-state index contributed by atoms with van der Waals surface area (Å²) in [6.45, 7) is 2.41. The molecule has 2 heterocycles. The molecule has 0 bridgehead atoms. The molecule has 0 aliphatic carbocycles. The van der Waals surface area contributed by atoms with Gasteiger partial charge in [0.25, 0.3) is 0 Å². The third kappa shape index (κ3) is 27.6. The fourth-order valence-corrected chi connectivity index (χ4v) is 7.74. The van der Waals surface area contributed by atoms with Crippen molar-refractivity contribution in [1.82, 2.24) is 0 Å². The van der Waals surface area contributed by atoms with Crippen molar-refractivity contribution >= 4 is 11.9 Å². The Morgan fingerprint density at radius 3 is 1.50 bits per heavy atom. The number of aliphatic hydroxyl groups is 7. The monoisotopic (exact) mass is 967 g/mol. The van der Waals surface area contributed by atoms with Gasteiger partial charge in [0.15, 0.2) is 18.7 Å². The van der Waals surface area contributed by atoms with Crippen LogP contribution in [0.2, 0.25) is 0 Å². The molecule has 0 aromatic heterocycles. The summed E-state index contributed by atoms with van der Waals surface area (Å²) >= 11 is 0. The number of hydrogen-bond acceptors (Lipinski definition) is 15. The summed E-state index contributed by atoms with van der Waals surface area (Å²) in [6, 6.07) is 0. The molecule has 0 saturated carbocycles. The van der Waals surface area contributed by atoms with Gasteiger partial charge in [-0.1, -0.05) is 145 Å². The third-order valence-electron chi connectivity index (χ3n) is 12.0. The maximum atomic E-state index is 13.0. The SMILES string of the molecule is CC/C=C/C/C=C/C/C=C/CCCCCCCC(=O)O[C@@H](COC(=O)CCC/C=C/C/C=C/CCCCCCCCCCC)CO[C@@H]1O[C@H](CO[C@@H]2O[C@H](CO)[C@H](O)C(O)C2O)[C@H](O)C(O)C1O. The maximum Gasteiger partial charge on any atom is 0.306 e. The topological polar surface area (TPSA) is 231 Å². The predicted octanol–water partition coefficient (Wildman–Crippen LogP) is 7.27. The van der Waals surface area contributed by atoms with Crippen molar-refractivity contribution in [1.29, 1.82) is 0 Å². The second-order valence-electron chi connectivity index (χ2n) is 18.0. The second kappa shape index (κ2) is 39.9. The van der Waals surface area contributed by atoms with E-state index in [-0.39, 0.29) is 19.4 Å². The molecule has 0 spiro atoms. The summed E-state index contributed by atoms with van der Waals surface area (Å²) in [5.74, 6) is -1.00. The Balaban J connectivity index is 1.83. The standard InChI is InChI=1S/C53H90O15/c1-3-5-7-9-11-13-15-17-19-20-22-23-25-27-29-31-33-35-44(55)63-38-41(66-45(56)36-34-32-30-28-26-24-21-18-16-14-12-10-8-6-4-2)39-64-52-51(62)49(60)47(58)43(68-52)40-65-53-50(61)48(59)46(57)42(37-54)67-53/h6,8,12,14,18,21-23,27,29,41-43,46-54,57-62H,3-5,7,9-11,13,15-17,19-20,24-26,28,30-40H2,1-2H3/b8-6+,14-12+,21-18+,23-22+,29-27+/t41-,42+,43+,46-,47-,48?,49?,50?,51?,52+,53+/m0/s1. The number of aliphatic hydroxyl groups excluding tert-OH is 7. The van der Waals surface area contributed by atoms with Crippen LogP contribution in [0.1, 0.15) is 168 Å². The minimum absolute atomic E-state index is 0.135. The van der Waals surface area contributed by atoms with Gasteiger partial charge in [0.1, 0.15) is 55.4 Å². The van der Waals surface area contributed by atoms with E-state index < -0.39 is 99.3 Å². The van der Waals surface area contributed by atoms with E-state index in [1.54, 1.807) is 0 Å².